The van der Waals surface area contributed by atoms with E-state index in [9.17, 15) is 4.79 Å². The van der Waals surface area contributed by atoms with Gasteiger partial charge < -0.3 is 0 Å². The molecule has 0 aliphatic heterocycles. The number of fused-ring (bicyclic) bond motifs is 5. The molecule has 0 heterocycles. The number of carbonyl (C=O) groups excluding carboxylic acids is 1. The first kappa shape index (κ1) is 18.9. The summed E-state index contributed by atoms with van der Waals surface area (Å²) < 4.78 is 0. The van der Waals surface area contributed by atoms with Crippen LogP contribution in [0.25, 0.3) is 6.08 Å². The molecule has 0 N–H and O–H groups in total. The molecule has 4 aliphatic carbocycles. The summed E-state index contributed by atoms with van der Waals surface area (Å²) in [5.74, 6) is 3.51. The molecule has 28 heavy (non-hydrogen) atoms. The molecule has 1 nitrogen and oxygen atoms in total. The van der Waals surface area contributed by atoms with Crippen LogP contribution in [0.4, 0.5) is 0 Å². The molecule has 2 heteroatoms. The van der Waals surface area contributed by atoms with Gasteiger partial charge in [0.25, 0.3) is 0 Å². The summed E-state index contributed by atoms with van der Waals surface area (Å²) in [7, 11) is 0. The van der Waals surface area contributed by atoms with Crippen LogP contribution in [0.15, 0.2) is 29.8 Å². The minimum atomic E-state index is -0.128. The first-order valence-electron chi connectivity index (χ1n) is 11.4. The number of rotatable bonds is 1. The molecular formula is C26H33ClO. The van der Waals surface area contributed by atoms with Gasteiger partial charge in [-0.25, -0.2) is 0 Å². The minimum absolute atomic E-state index is 0.128. The molecule has 150 valence electrons. The molecule has 0 saturated heterocycles. The third-order valence-electron chi connectivity index (χ3n) is 9.43. The molecule has 0 radical (unpaired) electrons. The number of hydrogen-bond donors (Lipinski definition) is 0. The fourth-order valence-electron chi connectivity index (χ4n) is 7.85. The smallest absolute Gasteiger partial charge is 0.165 e. The third kappa shape index (κ3) is 2.76. The van der Waals surface area contributed by atoms with E-state index in [0.29, 0.717) is 17.1 Å². The van der Waals surface area contributed by atoms with Gasteiger partial charge in [-0.15, -0.1) is 0 Å². The maximum atomic E-state index is 13.5. The Labute approximate surface area is 174 Å². The average molecular weight is 397 g/mol. The van der Waals surface area contributed by atoms with Crippen molar-refractivity contribution in [3.8, 4) is 0 Å². The van der Waals surface area contributed by atoms with Crippen molar-refractivity contribution in [2.24, 2.45) is 34.5 Å². The van der Waals surface area contributed by atoms with E-state index in [2.05, 4.69) is 19.9 Å². The van der Waals surface area contributed by atoms with E-state index in [1.54, 1.807) is 0 Å². The van der Waals surface area contributed by atoms with Gasteiger partial charge in [0, 0.05) is 10.4 Å². The Hall–Kier alpha value is -1.08. The molecule has 0 amide bonds. The number of benzene rings is 1. The monoisotopic (exact) mass is 396 g/mol. The molecule has 0 aromatic heterocycles. The summed E-state index contributed by atoms with van der Waals surface area (Å²) in [6.45, 7) is 4.89. The van der Waals surface area contributed by atoms with Gasteiger partial charge in [0.15, 0.2) is 5.78 Å². The summed E-state index contributed by atoms with van der Waals surface area (Å²) in [5, 5.41) is 0.751. The lowest BCUT2D eigenvalue weighted by atomic mass is 9.45. The van der Waals surface area contributed by atoms with E-state index in [4.69, 9.17) is 11.6 Å². The van der Waals surface area contributed by atoms with E-state index in [-0.39, 0.29) is 5.41 Å². The molecule has 0 bridgehead atoms. The second-order valence-corrected chi connectivity index (χ2v) is 11.0. The van der Waals surface area contributed by atoms with Crippen molar-refractivity contribution < 1.29 is 4.79 Å². The van der Waals surface area contributed by atoms with Crippen LogP contribution in [-0.2, 0) is 4.79 Å². The van der Waals surface area contributed by atoms with E-state index in [0.717, 1.165) is 46.8 Å². The third-order valence-corrected chi connectivity index (χ3v) is 9.69. The van der Waals surface area contributed by atoms with Gasteiger partial charge in [0.1, 0.15) is 0 Å². The lowest BCUT2D eigenvalue weighted by Crippen LogP contribution is -2.52. The molecule has 0 spiro atoms. The molecule has 1 aromatic carbocycles. The zero-order chi connectivity index (χ0) is 19.5. The van der Waals surface area contributed by atoms with Gasteiger partial charge in [-0.2, -0.15) is 0 Å². The second-order valence-electron chi connectivity index (χ2n) is 10.6. The zero-order valence-corrected chi connectivity index (χ0v) is 18.1. The van der Waals surface area contributed by atoms with Crippen LogP contribution in [0.2, 0.25) is 5.02 Å². The SMILES string of the molecule is C[C@]12CCCC[C@H]1CC[C@H]1[C@H]2CC[C@@]2(C)C(=O)/C(=C/c3ccc(Cl)cc3)C[C@H]12. The van der Waals surface area contributed by atoms with Gasteiger partial charge in [-0.3, -0.25) is 4.79 Å². The minimum Gasteiger partial charge on any atom is -0.294 e. The Morgan fingerprint density at radius 1 is 0.964 bits per heavy atom. The lowest BCUT2D eigenvalue weighted by molar-refractivity contribution is -0.137. The summed E-state index contributed by atoms with van der Waals surface area (Å²) >= 11 is 6.04. The number of ketones is 1. The summed E-state index contributed by atoms with van der Waals surface area (Å²) in [4.78, 5) is 13.5. The summed E-state index contributed by atoms with van der Waals surface area (Å²) in [6.07, 6.45) is 14.0. The molecule has 6 atom stereocenters. The Balaban J connectivity index is 1.45. The molecule has 0 unspecified atom stereocenters. The summed E-state index contributed by atoms with van der Waals surface area (Å²) in [5.41, 5.74) is 2.58. The Morgan fingerprint density at radius 2 is 1.75 bits per heavy atom. The predicted octanol–water partition coefficient (Wildman–Crippen LogP) is 7.34. The predicted molar refractivity (Wildman–Crippen MR) is 116 cm³/mol. The van der Waals surface area contributed by atoms with Gasteiger partial charge >= 0.3 is 0 Å². The lowest BCUT2D eigenvalue weighted by Gasteiger charge is -2.59. The van der Waals surface area contributed by atoms with Crippen LogP contribution in [-0.4, -0.2) is 5.78 Å². The quantitative estimate of drug-likeness (QED) is 0.454. The topological polar surface area (TPSA) is 17.1 Å². The Bertz CT molecular complexity index is 808. The van der Waals surface area contributed by atoms with Crippen molar-refractivity contribution in [3.63, 3.8) is 0 Å². The summed E-state index contributed by atoms with van der Waals surface area (Å²) in [6, 6.07) is 7.90. The molecule has 5 rings (SSSR count). The molecule has 4 fully saturated rings. The highest BCUT2D eigenvalue weighted by molar-refractivity contribution is 6.30. The fourth-order valence-corrected chi connectivity index (χ4v) is 7.98. The first-order chi connectivity index (χ1) is 13.4. The average Bonchev–Trinajstić information content (AvgIpc) is 2.94. The number of halogens is 1. The molecular weight excluding hydrogens is 364 g/mol. The van der Waals surface area contributed by atoms with Crippen LogP contribution in [0.3, 0.4) is 0 Å². The largest absolute Gasteiger partial charge is 0.294 e. The van der Waals surface area contributed by atoms with E-state index in [1.807, 2.05) is 24.3 Å². The van der Waals surface area contributed by atoms with Crippen molar-refractivity contribution in [1.82, 2.24) is 0 Å². The van der Waals surface area contributed by atoms with Gasteiger partial charge in [-0.1, -0.05) is 50.4 Å². The standard InChI is InChI=1S/C26H33ClO/c1-25-13-4-3-5-19(25)8-11-21-22(25)12-14-26(2)23(21)16-18(24(26)28)15-17-6-9-20(27)10-7-17/h6-7,9-10,15,19,21-23H,3-5,8,11-14,16H2,1-2H3/b18-15+/t19-,21-,22+,23+,25-,26+/m0/s1. The van der Waals surface area contributed by atoms with Crippen LogP contribution in [0.1, 0.15) is 77.2 Å². The Morgan fingerprint density at radius 3 is 2.54 bits per heavy atom. The van der Waals surface area contributed by atoms with E-state index < -0.39 is 0 Å². The zero-order valence-electron chi connectivity index (χ0n) is 17.3. The van der Waals surface area contributed by atoms with Crippen molar-refractivity contribution in [2.45, 2.75) is 71.6 Å². The molecule has 1 aromatic rings. The van der Waals surface area contributed by atoms with Gasteiger partial charge in [0.2, 0.25) is 0 Å². The number of hydrogen-bond acceptors (Lipinski definition) is 1. The van der Waals surface area contributed by atoms with Crippen molar-refractivity contribution >= 4 is 23.5 Å². The highest BCUT2D eigenvalue weighted by Gasteiger charge is 2.60. The second kappa shape index (κ2) is 6.73. The van der Waals surface area contributed by atoms with Crippen LogP contribution < -0.4 is 0 Å². The van der Waals surface area contributed by atoms with Crippen molar-refractivity contribution in [1.29, 1.82) is 0 Å². The van der Waals surface area contributed by atoms with Gasteiger partial charge in [-0.05, 0) is 103 Å². The first-order valence-corrected chi connectivity index (χ1v) is 11.8. The fraction of sp³-hybridized carbons (Fsp3) is 0.654. The van der Waals surface area contributed by atoms with E-state index >= 15 is 0 Å². The van der Waals surface area contributed by atoms with Crippen LogP contribution >= 0.6 is 11.6 Å². The van der Waals surface area contributed by atoms with Gasteiger partial charge in [0.05, 0.1) is 0 Å². The van der Waals surface area contributed by atoms with Crippen molar-refractivity contribution in [3.05, 3.63) is 40.4 Å². The highest BCUT2D eigenvalue weighted by atomic mass is 35.5. The van der Waals surface area contributed by atoms with Crippen LogP contribution in [0, 0.1) is 34.5 Å². The number of allylic oxidation sites excluding steroid dienone is 1. The maximum absolute atomic E-state index is 13.5. The molecule has 4 saturated carbocycles. The molecule has 4 aliphatic rings. The maximum Gasteiger partial charge on any atom is 0.165 e. The normalized spacial score (nSPS) is 44.1. The van der Waals surface area contributed by atoms with E-state index in [1.165, 1.54) is 44.9 Å². The number of carbonyl (C=O) groups is 1. The van der Waals surface area contributed by atoms with Crippen molar-refractivity contribution in [2.75, 3.05) is 0 Å². The highest BCUT2D eigenvalue weighted by Crippen LogP contribution is 2.66. The van der Waals surface area contributed by atoms with Crippen LogP contribution in [0.5, 0.6) is 0 Å². The number of Topliss-reactive ketones (excluding diaryl/α,β-unsaturated/α-hetero) is 1. The Kier molecular flexibility index (Phi) is 4.54.